The van der Waals surface area contributed by atoms with Gasteiger partial charge >= 0.3 is 0 Å². The lowest BCUT2D eigenvalue weighted by molar-refractivity contribution is 0.0970. The first-order valence-corrected chi connectivity index (χ1v) is 10.1. The van der Waals surface area contributed by atoms with Crippen molar-refractivity contribution in [2.24, 2.45) is 0 Å². The SMILES string of the molecule is CCOc1ccc(C2c3c(oc4ccccc4c3=O)C(=O)N2c2ncccc2C)cc1. The average Bonchev–Trinajstić information content (AvgIpc) is 3.08. The molecular formula is C25H20N2O4. The number of benzene rings is 2. The number of ether oxygens (including phenoxy) is 1. The van der Waals surface area contributed by atoms with E-state index in [1.165, 1.54) is 0 Å². The first kappa shape index (κ1) is 19.1. The maximum atomic E-state index is 13.5. The second-order valence-electron chi connectivity index (χ2n) is 7.39. The second-order valence-corrected chi connectivity index (χ2v) is 7.39. The molecule has 1 aliphatic heterocycles. The smallest absolute Gasteiger partial charge is 0.296 e. The molecule has 0 fully saturated rings. The highest BCUT2D eigenvalue weighted by Crippen LogP contribution is 2.41. The van der Waals surface area contributed by atoms with Crippen molar-refractivity contribution in [1.29, 1.82) is 0 Å². The highest BCUT2D eigenvalue weighted by Gasteiger charge is 2.44. The number of fused-ring (bicyclic) bond motifs is 2. The summed E-state index contributed by atoms with van der Waals surface area (Å²) in [4.78, 5) is 33.0. The van der Waals surface area contributed by atoms with Crippen molar-refractivity contribution in [3.63, 3.8) is 0 Å². The molecule has 3 heterocycles. The van der Waals surface area contributed by atoms with Crippen LogP contribution in [0.3, 0.4) is 0 Å². The van der Waals surface area contributed by atoms with E-state index < -0.39 is 6.04 Å². The van der Waals surface area contributed by atoms with Gasteiger partial charge in [0, 0.05) is 6.20 Å². The number of hydrogen-bond acceptors (Lipinski definition) is 5. The predicted octanol–water partition coefficient (Wildman–Crippen LogP) is 4.64. The third-order valence-corrected chi connectivity index (χ3v) is 5.49. The van der Waals surface area contributed by atoms with E-state index in [9.17, 15) is 9.59 Å². The summed E-state index contributed by atoms with van der Waals surface area (Å²) in [5.41, 5.74) is 2.13. The molecule has 1 unspecified atom stereocenters. The molecule has 5 rings (SSSR count). The Labute approximate surface area is 178 Å². The van der Waals surface area contributed by atoms with Crippen LogP contribution in [0.2, 0.25) is 0 Å². The number of amides is 1. The van der Waals surface area contributed by atoms with Gasteiger partial charge in [-0.3, -0.25) is 14.5 Å². The molecule has 0 radical (unpaired) electrons. The lowest BCUT2D eigenvalue weighted by Gasteiger charge is -2.25. The molecule has 4 aromatic rings. The molecule has 0 aliphatic carbocycles. The number of carbonyl (C=O) groups is 1. The van der Waals surface area contributed by atoms with E-state index >= 15 is 0 Å². The minimum absolute atomic E-state index is 0.0626. The molecule has 154 valence electrons. The fourth-order valence-electron chi connectivity index (χ4n) is 4.10. The number of hydrogen-bond donors (Lipinski definition) is 0. The third-order valence-electron chi connectivity index (χ3n) is 5.49. The monoisotopic (exact) mass is 412 g/mol. The Bertz CT molecular complexity index is 1360. The average molecular weight is 412 g/mol. The standard InChI is InChI=1S/C25H20N2O4/c1-3-30-17-12-10-16(11-13-17)21-20-22(28)18-8-4-5-9-19(18)31-23(20)25(29)27(21)24-15(2)7-6-14-26-24/h4-14,21H,3H2,1-2H3. The van der Waals surface area contributed by atoms with Gasteiger partial charge < -0.3 is 9.15 Å². The highest BCUT2D eigenvalue weighted by molar-refractivity contribution is 6.10. The molecule has 6 heteroatoms. The molecule has 2 aromatic carbocycles. The Balaban J connectivity index is 1.77. The van der Waals surface area contributed by atoms with Gasteiger partial charge in [0.1, 0.15) is 17.2 Å². The first-order valence-electron chi connectivity index (χ1n) is 10.1. The van der Waals surface area contributed by atoms with Crippen molar-refractivity contribution in [3.8, 4) is 5.75 Å². The summed E-state index contributed by atoms with van der Waals surface area (Å²) in [6, 6.07) is 17.5. The van der Waals surface area contributed by atoms with Crippen LogP contribution in [0.5, 0.6) is 5.75 Å². The molecule has 2 aromatic heterocycles. The normalized spacial score (nSPS) is 15.4. The number of rotatable bonds is 4. The Hall–Kier alpha value is -3.93. The molecule has 0 spiro atoms. The van der Waals surface area contributed by atoms with Gasteiger partial charge in [-0.2, -0.15) is 0 Å². The maximum absolute atomic E-state index is 13.5. The molecule has 6 nitrogen and oxygen atoms in total. The van der Waals surface area contributed by atoms with Crippen molar-refractivity contribution in [1.82, 2.24) is 4.98 Å². The number of para-hydroxylation sites is 1. The summed E-state index contributed by atoms with van der Waals surface area (Å²) in [7, 11) is 0. The maximum Gasteiger partial charge on any atom is 0.296 e. The minimum Gasteiger partial charge on any atom is -0.494 e. The molecule has 31 heavy (non-hydrogen) atoms. The largest absolute Gasteiger partial charge is 0.494 e. The van der Waals surface area contributed by atoms with Crippen LogP contribution in [-0.4, -0.2) is 17.5 Å². The van der Waals surface area contributed by atoms with Gasteiger partial charge in [-0.1, -0.05) is 30.3 Å². The molecule has 0 N–H and O–H groups in total. The van der Waals surface area contributed by atoms with Crippen LogP contribution in [0.25, 0.3) is 11.0 Å². The van der Waals surface area contributed by atoms with Gasteiger partial charge in [-0.25, -0.2) is 4.98 Å². The molecule has 0 saturated carbocycles. The highest BCUT2D eigenvalue weighted by atomic mass is 16.5. The number of anilines is 1. The van der Waals surface area contributed by atoms with Gasteiger partial charge in [0.05, 0.1) is 23.6 Å². The Morgan fingerprint density at radius 1 is 1.03 bits per heavy atom. The summed E-state index contributed by atoms with van der Waals surface area (Å²) in [5.74, 6) is 0.911. The number of aromatic nitrogens is 1. The number of aryl methyl sites for hydroxylation is 1. The lowest BCUT2D eigenvalue weighted by Crippen LogP contribution is -2.30. The molecule has 0 bridgehead atoms. The fraction of sp³-hybridized carbons (Fsp3) is 0.160. The van der Waals surface area contributed by atoms with E-state index in [2.05, 4.69) is 4.98 Å². The number of pyridine rings is 1. The van der Waals surface area contributed by atoms with E-state index in [1.54, 1.807) is 35.4 Å². The minimum atomic E-state index is -0.646. The quantitative estimate of drug-likeness (QED) is 0.488. The summed E-state index contributed by atoms with van der Waals surface area (Å²) in [5, 5.41) is 0.449. The van der Waals surface area contributed by atoms with Crippen molar-refractivity contribution in [2.45, 2.75) is 19.9 Å². The third kappa shape index (κ3) is 2.99. The lowest BCUT2D eigenvalue weighted by atomic mass is 9.98. The summed E-state index contributed by atoms with van der Waals surface area (Å²) >= 11 is 0. The fourth-order valence-corrected chi connectivity index (χ4v) is 4.10. The molecule has 1 amide bonds. The van der Waals surface area contributed by atoms with Gasteiger partial charge in [0.25, 0.3) is 5.91 Å². The zero-order valence-electron chi connectivity index (χ0n) is 17.2. The summed E-state index contributed by atoms with van der Waals surface area (Å²) < 4.78 is 11.5. The topological polar surface area (TPSA) is 72.6 Å². The Kier molecular flexibility index (Phi) is 4.55. The Morgan fingerprint density at radius 2 is 1.81 bits per heavy atom. The van der Waals surface area contributed by atoms with Gasteiger partial charge in [-0.15, -0.1) is 0 Å². The predicted molar refractivity (Wildman–Crippen MR) is 118 cm³/mol. The van der Waals surface area contributed by atoms with E-state index in [4.69, 9.17) is 9.15 Å². The van der Waals surface area contributed by atoms with Crippen LogP contribution >= 0.6 is 0 Å². The van der Waals surface area contributed by atoms with Crippen LogP contribution in [-0.2, 0) is 0 Å². The van der Waals surface area contributed by atoms with Gasteiger partial charge in [-0.05, 0) is 55.3 Å². The van der Waals surface area contributed by atoms with E-state index in [0.29, 0.717) is 29.0 Å². The number of carbonyl (C=O) groups excluding carboxylic acids is 1. The second kappa shape index (κ2) is 7.40. The number of nitrogens with zero attached hydrogens (tertiary/aromatic N) is 2. The van der Waals surface area contributed by atoms with Crippen LogP contribution < -0.4 is 15.1 Å². The molecule has 1 aliphatic rings. The Morgan fingerprint density at radius 3 is 2.55 bits per heavy atom. The summed E-state index contributed by atoms with van der Waals surface area (Å²) in [6.07, 6.45) is 1.64. The van der Waals surface area contributed by atoms with Crippen LogP contribution in [0.4, 0.5) is 5.82 Å². The first-order chi connectivity index (χ1) is 15.1. The zero-order chi connectivity index (χ0) is 21.5. The van der Waals surface area contributed by atoms with Crippen LogP contribution in [0.1, 0.15) is 40.2 Å². The van der Waals surface area contributed by atoms with Crippen LogP contribution in [0.15, 0.2) is 76.1 Å². The zero-order valence-corrected chi connectivity index (χ0v) is 17.2. The van der Waals surface area contributed by atoms with Crippen molar-refractivity contribution >= 4 is 22.7 Å². The van der Waals surface area contributed by atoms with Crippen molar-refractivity contribution in [2.75, 3.05) is 11.5 Å². The van der Waals surface area contributed by atoms with Crippen molar-refractivity contribution < 1.29 is 13.9 Å². The van der Waals surface area contributed by atoms with E-state index in [-0.39, 0.29) is 17.1 Å². The molecule has 1 atom stereocenters. The van der Waals surface area contributed by atoms with Gasteiger partial charge in [0.2, 0.25) is 5.76 Å². The van der Waals surface area contributed by atoms with Gasteiger partial charge in [0.15, 0.2) is 5.43 Å². The molecule has 0 saturated heterocycles. The summed E-state index contributed by atoms with van der Waals surface area (Å²) in [6.45, 7) is 4.36. The van der Waals surface area contributed by atoms with Crippen LogP contribution in [0, 0.1) is 6.92 Å². The molecular weight excluding hydrogens is 392 g/mol. The van der Waals surface area contributed by atoms with Crippen molar-refractivity contribution in [3.05, 3.63) is 99.5 Å². The van der Waals surface area contributed by atoms with E-state index in [0.717, 1.165) is 16.9 Å². The van der Waals surface area contributed by atoms with E-state index in [1.807, 2.05) is 50.2 Å².